The van der Waals surface area contributed by atoms with E-state index in [0.29, 0.717) is 6.42 Å². The van der Waals surface area contributed by atoms with Gasteiger partial charge in [-0.25, -0.2) is 14.4 Å². The van der Waals surface area contributed by atoms with Crippen LogP contribution in [0.25, 0.3) is 11.1 Å². The molecule has 0 unspecified atom stereocenters. The topological polar surface area (TPSA) is 132 Å². The van der Waals surface area contributed by atoms with Gasteiger partial charge in [0.1, 0.15) is 30.9 Å². The average molecular weight is 642 g/mol. The molecule has 4 rings (SSSR count). The van der Waals surface area contributed by atoms with Crippen molar-refractivity contribution in [1.82, 2.24) is 16.0 Å². The first-order valence-electron chi connectivity index (χ1n) is 15.8. The fourth-order valence-corrected chi connectivity index (χ4v) is 5.42. The summed E-state index contributed by atoms with van der Waals surface area (Å²) in [6.07, 6.45) is 0.762. The van der Waals surface area contributed by atoms with Gasteiger partial charge >= 0.3 is 18.2 Å². The molecule has 3 aromatic rings. The Bertz CT molecular complexity index is 1510. The summed E-state index contributed by atoms with van der Waals surface area (Å²) in [6, 6.07) is 23.2. The smallest absolute Gasteiger partial charge is 0.407 e. The van der Waals surface area contributed by atoms with E-state index in [-0.39, 0.29) is 38.5 Å². The van der Waals surface area contributed by atoms with Crippen molar-refractivity contribution in [3.63, 3.8) is 0 Å². The van der Waals surface area contributed by atoms with E-state index in [2.05, 4.69) is 34.7 Å². The van der Waals surface area contributed by atoms with Crippen LogP contribution in [0.15, 0.2) is 91.5 Å². The van der Waals surface area contributed by atoms with Gasteiger partial charge in [-0.3, -0.25) is 4.79 Å². The van der Waals surface area contributed by atoms with Crippen LogP contribution in [0.2, 0.25) is 0 Å². The van der Waals surface area contributed by atoms with Gasteiger partial charge in [0.25, 0.3) is 0 Å². The molecule has 10 nitrogen and oxygen atoms in total. The van der Waals surface area contributed by atoms with E-state index in [0.717, 1.165) is 27.8 Å². The van der Waals surface area contributed by atoms with Gasteiger partial charge in [-0.1, -0.05) is 91.5 Å². The predicted octanol–water partition coefficient (Wildman–Crippen LogP) is 5.66. The Balaban J connectivity index is 1.42. The number of nitrogens with one attached hydrogen (secondary N) is 3. The van der Waals surface area contributed by atoms with Gasteiger partial charge in [-0.05, 0) is 61.4 Å². The lowest BCUT2D eigenvalue weighted by Crippen LogP contribution is -2.53. The highest BCUT2D eigenvalue weighted by Gasteiger charge is 2.31. The first kappa shape index (κ1) is 34.7. The van der Waals surface area contributed by atoms with Crippen molar-refractivity contribution in [2.24, 2.45) is 0 Å². The molecule has 0 heterocycles. The summed E-state index contributed by atoms with van der Waals surface area (Å²) in [5.41, 5.74) is 4.51. The quantitative estimate of drug-likeness (QED) is 0.0897. The summed E-state index contributed by atoms with van der Waals surface area (Å²) in [4.78, 5) is 51.8. The number of fused-ring (bicyclic) bond motifs is 3. The number of carbonyl (C=O) groups is 4. The van der Waals surface area contributed by atoms with Crippen LogP contribution in [0.1, 0.15) is 56.2 Å². The summed E-state index contributed by atoms with van der Waals surface area (Å²) >= 11 is 0. The minimum absolute atomic E-state index is 0.0349. The Labute approximate surface area is 275 Å². The second-order valence-electron chi connectivity index (χ2n) is 12.3. The van der Waals surface area contributed by atoms with Crippen LogP contribution in [-0.4, -0.2) is 61.5 Å². The molecule has 3 N–H and O–H groups in total. The number of ether oxygens (including phenoxy) is 3. The van der Waals surface area contributed by atoms with Crippen LogP contribution in [0, 0.1) is 0 Å². The highest BCUT2D eigenvalue weighted by Crippen LogP contribution is 2.44. The lowest BCUT2D eigenvalue weighted by Gasteiger charge is -2.23. The minimum Gasteiger partial charge on any atom is -0.460 e. The first-order valence-corrected chi connectivity index (χ1v) is 15.8. The molecule has 0 fully saturated rings. The Morgan fingerprint density at radius 1 is 0.809 bits per heavy atom. The third-order valence-electron chi connectivity index (χ3n) is 7.52. The number of rotatable bonds is 14. The molecule has 1 aliphatic carbocycles. The molecule has 0 saturated heterocycles. The second kappa shape index (κ2) is 16.4. The summed E-state index contributed by atoms with van der Waals surface area (Å²) < 4.78 is 16.2. The molecule has 3 aromatic carbocycles. The third-order valence-corrected chi connectivity index (χ3v) is 7.52. The van der Waals surface area contributed by atoms with Crippen molar-refractivity contribution < 1.29 is 33.4 Å². The fraction of sp³-hybridized carbons (Fsp3) is 0.351. The van der Waals surface area contributed by atoms with E-state index >= 15 is 0 Å². The Hall–Kier alpha value is -5.12. The molecular weight excluding hydrogens is 598 g/mol. The molecule has 248 valence electrons. The van der Waals surface area contributed by atoms with E-state index in [1.165, 1.54) is 6.08 Å². The zero-order valence-corrected chi connectivity index (χ0v) is 27.1. The highest BCUT2D eigenvalue weighted by atomic mass is 16.6. The van der Waals surface area contributed by atoms with Crippen LogP contribution >= 0.6 is 0 Å². The normalized spacial score (nSPS) is 13.3. The minimum atomic E-state index is -1.05. The molecule has 0 aliphatic heterocycles. The molecule has 3 amide bonds. The van der Waals surface area contributed by atoms with Gasteiger partial charge < -0.3 is 30.2 Å². The number of alkyl carbamates (subject to hydrolysis) is 2. The zero-order chi connectivity index (χ0) is 33.8. The van der Waals surface area contributed by atoms with Gasteiger partial charge in [0.2, 0.25) is 5.91 Å². The monoisotopic (exact) mass is 641 g/mol. The van der Waals surface area contributed by atoms with Gasteiger partial charge in [0.15, 0.2) is 0 Å². The van der Waals surface area contributed by atoms with Crippen LogP contribution < -0.4 is 16.0 Å². The van der Waals surface area contributed by atoms with E-state index in [4.69, 9.17) is 14.2 Å². The number of amides is 3. The molecule has 2 atom stereocenters. The largest absolute Gasteiger partial charge is 0.460 e. The van der Waals surface area contributed by atoms with Crippen molar-refractivity contribution in [1.29, 1.82) is 0 Å². The lowest BCUT2D eigenvalue weighted by atomic mass is 9.98. The Kier molecular flexibility index (Phi) is 12.2. The van der Waals surface area contributed by atoms with E-state index < -0.39 is 41.7 Å². The highest BCUT2D eigenvalue weighted by molar-refractivity contribution is 5.90. The molecule has 0 aromatic heterocycles. The maximum Gasteiger partial charge on any atom is 0.407 e. The van der Waals surface area contributed by atoms with E-state index in [9.17, 15) is 19.2 Å². The Morgan fingerprint density at radius 3 is 2.04 bits per heavy atom. The van der Waals surface area contributed by atoms with E-state index in [1.54, 1.807) is 20.8 Å². The average Bonchev–Trinajstić information content (AvgIpc) is 3.36. The first-order chi connectivity index (χ1) is 22.6. The van der Waals surface area contributed by atoms with Crippen LogP contribution in [0.5, 0.6) is 0 Å². The molecule has 10 heteroatoms. The van der Waals surface area contributed by atoms with Gasteiger partial charge in [-0.15, -0.1) is 0 Å². The van der Waals surface area contributed by atoms with Gasteiger partial charge in [-0.2, -0.15) is 0 Å². The van der Waals surface area contributed by atoms with Crippen LogP contribution in [0.3, 0.4) is 0 Å². The van der Waals surface area contributed by atoms with Crippen molar-refractivity contribution in [2.75, 3.05) is 19.8 Å². The standard InChI is InChI=1S/C37H43N3O7/c1-5-22-45-34(42)31(20-13-21-38-35(43)47-37(2,3)4)39-33(41)32(23-25-14-7-6-8-15-25)40-36(44)46-24-30-28-18-11-9-16-26(28)27-17-10-12-19-29(27)30/h5-12,14-19,30-32H,1,13,20-24H2,2-4H3,(H,38,43)(H,39,41)(H,40,44)/t31-,32+/m0/s1. The summed E-state index contributed by atoms with van der Waals surface area (Å²) in [7, 11) is 0. The molecule has 47 heavy (non-hydrogen) atoms. The van der Waals surface area contributed by atoms with Crippen LogP contribution in [0.4, 0.5) is 9.59 Å². The number of hydrogen-bond donors (Lipinski definition) is 3. The van der Waals surface area contributed by atoms with Crippen molar-refractivity contribution in [3.05, 3.63) is 108 Å². The van der Waals surface area contributed by atoms with Gasteiger partial charge in [0.05, 0.1) is 0 Å². The second-order valence-corrected chi connectivity index (χ2v) is 12.3. The molecular formula is C37H43N3O7. The number of esters is 1. The Morgan fingerprint density at radius 2 is 1.43 bits per heavy atom. The molecule has 1 aliphatic rings. The van der Waals surface area contributed by atoms with Crippen molar-refractivity contribution >= 4 is 24.1 Å². The predicted molar refractivity (Wildman–Crippen MR) is 179 cm³/mol. The summed E-state index contributed by atoms with van der Waals surface area (Å²) in [5.74, 6) is -1.38. The number of benzene rings is 3. The van der Waals surface area contributed by atoms with Gasteiger partial charge in [0, 0.05) is 18.9 Å². The van der Waals surface area contributed by atoms with Crippen LogP contribution in [-0.2, 0) is 30.2 Å². The lowest BCUT2D eigenvalue weighted by molar-refractivity contribution is -0.147. The maximum atomic E-state index is 13.7. The molecule has 0 saturated carbocycles. The molecule has 0 spiro atoms. The fourth-order valence-electron chi connectivity index (χ4n) is 5.42. The molecule has 0 bridgehead atoms. The van der Waals surface area contributed by atoms with Crippen molar-refractivity contribution in [2.45, 2.75) is 63.6 Å². The maximum absolute atomic E-state index is 13.7. The zero-order valence-electron chi connectivity index (χ0n) is 27.1. The SMILES string of the molecule is C=CCOC(=O)[C@H](CCCNC(=O)OC(C)(C)C)NC(=O)[C@@H](Cc1ccccc1)NC(=O)OCC1c2ccccc2-c2ccccc21. The van der Waals surface area contributed by atoms with Crippen molar-refractivity contribution in [3.8, 4) is 11.1 Å². The third kappa shape index (κ3) is 10.2. The number of carbonyl (C=O) groups excluding carboxylic acids is 4. The van der Waals surface area contributed by atoms with E-state index in [1.807, 2.05) is 66.7 Å². The summed E-state index contributed by atoms with van der Waals surface area (Å²) in [6.45, 7) is 9.11. The summed E-state index contributed by atoms with van der Waals surface area (Å²) in [5, 5.41) is 8.10. The number of hydrogen-bond acceptors (Lipinski definition) is 7. The molecule has 0 radical (unpaired) electrons.